The van der Waals surface area contributed by atoms with Crippen LogP contribution >= 0.6 is 11.6 Å². The molecule has 0 aliphatic carbocycles. The largest absolute Gasteiger partial charge is 0.493 e. The van der Waals surface area contributed by atoms with Crippen LogP contribution in [0.1, 0.15) is 5.56 Å². The Balaban J connectivity index is 1.98. The van der Waals surface area contributed by atoms with Crippen molar-refractivity contribution in [3.63, 3.8) is 0 Å². The SMILES string of the molecule is O=C(COC(=O)C1=COCCO1)Nc1ccc(Cl)cc1C(F)(F)F. The third kappa shape index (κ3) is 4.79. The van der Waals surface area contributed by atoms with Crippen molar-refractivity contribution >= 4 is 29.2 Å². The molecule has 0 bridgehead atoms. The molecule has 130 valence electrons. The van der Waals surface area contributed by atoms with Gasteiger partial charge >= 0.3 is 12.1 Å². The first-order valence-electron chi connectivity index (χ1n) is 6.55. The summed E-state index contributed by atoms with van der Waals surface area (Å²) in [6.45, 7) is -0.375. The summed E-state index contributed by atoms with van der Waals surface area (Å²) >= 11 is 5.53. The van der Waals surface area contributed by atoms with Gasteiger partial charge in [-0.3, -0.25) is 4.79 Å². The Bertz CT molecular complexity index is 675. The van der Waals surface area contributed by atoms with Gasteiger partial charge in [-0.2, -0.15) is 13.2 Å². The van der Waals surface area contributed by atoms with Gasteiger partial charge in [-0.1, -0.05) is 11.6 Å². The zero-order chi connectivity index (χ0) is 17.7. The maximum absolute atomic E-state index is 12.9. The number of alkyl halides is 3. The Morgan fingerprint density at radius 2 is 2.04 bits per heavy atom. The summed E-state index contributed by atoms with van der Waals surface area (Å²) in [5, 5.41) is 1.88. The molecule has 1 amide bonds. The first-order chi connectivity index (χ1) is 11.3. The predicted octanol–water partition coefficient (Wildman–Crippen LogP) is 2.73. The van der Waals surface area contributed by atoms with E-state index in [1.807, 2.05) is 5.32 Å². The molecule has 0 radical (unpaired) electrons. The lowest BCUT2D eigenvalue weighted by molar-refractivity contribution is -0.148. The number of halogens is 4. The van der Waals surface area contributed by atoms with Crippen LogP contribution in [0, 0.1) is 0 Å². The summed E-state index contributed by atoms with van der Waals surface area (Å²) in [4.78, 5) is 23.2. The number of ether oxygens (including phenoxy) is 3. The van der Waals surface area contributed by atoms with E-state index in [-0.39, 0.29) is 24.0 Å². The summed E-state index contributed by atoms with van der Waals surface area (Å²) in [5.74, 6) is -2.14. The van der Waals surface area contributed by atoms with Crippen molar-refractivity contribution in [3.8, 4) is 0 Å². The topological polar surface area (TPSA) is 73.9 Å². The number of rotatable bonds is 4. The van der Waals surface area contributed by atoms with Gasteiger partial charge in [-0.15, -0.1) is 0 Å². The van der Waals surface area contributed by atoms with Crippen molar-refractivity contribution in [1.29, 1.82) is 0 Å². The van der Waals surface area contributed by atoms with E-state index in [4.69, 9.17) is 21.1 Å². The second-order valence-electron chi connectivity index (χ2n) is 4.51. The Hall–Kier alpha value is -2.42. The normalized spacial score (nSPS) is 14.1. The predicted molar refractivity (Wildman–Crippen MR) is 76.0 cm³/mol. The fourth-order valence-corrected chi connectivity index (χ4v) is 1.90. The van der Waals surface area contributed by atoms with E-state index >= 15 is 0 Å². The lowest BCUT2D eigenvalue weighted by atomic mass is 10.1. The zero-order valence-electron chi connectivity index (χ0n) is 12.0. The smallest absolute Gasteiger partial charge is 0.418 e. The van der Waals surface area contributed by atoms with Gasteiger partial charge in [0.1, 0.15) is 19.5 Å². The lowest BCUT2D eigenvalue weighted by Crippen LogP contribution is -2.24. The highest BCUT2D eigenvalue weighted by Crippen LogP contribution is 2.36. The van der Waals surface area contributed by atoms with Gasteiger partial charge in [0, 0.05) is 5.02 Å². The second-order valence-corrected chi connectivity index (χ2v) is 4.95. The van der Waals surface area contributed by atoms with Crippen LogP contribution in [0.3, 0.4) is 0 Å². The number of nitrogens with one attached hydrogen (secondary N) is 1. The van der Waals surface area contributed by atoms with Crippen LogP contribution in [0.15, 0.2) is 30.2 Å². The Morgan fingerprint density at radius 1 is 1.29 bits per heavy atom. The number of anilines is 1. The van der Waals surface area contributed by atoms with E-state index in [0.717, 1.165) is 12.3 Å². The van der Waals surface area contributed by atoms with Gasteiger partial charge in [-0.05, 0) is 18.2 Å². The average molecular weight is 366 g/mol. The summed E-state index contributed by atoms with van der Waals surface area (Å²) in [5.41, 5.74) is -1.61. The van der Waals surface area contributed by atoms with E-state index < -0.39 is 35.9 Å². The van der Waals surface area contributed by atoms with Crippen LogP contribution in [0.2, 0.25) is 5.02 Å². The van der Waals surface area contributed by atoms with Crippen LogP contribution in [0.4, 0.5) is 18.9 Å². The monoisotopic (exact) mass is 365 g/mol. The van der Waals surface area contributed by atoms with Crippen LogP contribution in [-0.2, 0) is 30.0 Å². The van der Waals surface area contributed by atoms with Gasteiger partial charge < -0.3 is 19.5 Å². The minimum atomic E-state index is -4.71. The molecule has 0 aromatic heterocycles. The second kappa shape index (κ2) is 7.43. The molecule has 6 nitrogen and oxygen atoms in total. The number of carbonyl (C=O) groups is 2. The van der Waals surface area contributed by atoms with E-state index in [1.54, 1.807) is 0 Å². The molecule has 10 heteroatoms. The van der Waals surface area contributed by atoms with Gasteiger partial charge in [0.2, 0.25) is 5.76 Å². The molecule has 1 aromatic rings. The third-order valence-corrected chi connectivity index (χ3v) is 2.98. The van der Waals surface area contributed by atoms with Crippen molar-refractivity contribution in [2.45, 2.75) is 6.18 Å². The fourth-order valence-electron chi connectivity index (χ4n) is 1.72. The molecule has 1 aliphatic rings. The van der Waals surface area contributed by atoms with Crippen LogP contribution in [0.5, 0.6) is 0 Å². The highest BCUT2D eigenvalue weighted by molar-refractivity contribution is 6.30. The molecule has 0 unspecified atom stereocenters. The molecule has 0 saturated carbocycles. The lowest BCUT2D eigenvalue weighted by Gasteiger charge is -2.15. The highest BCUT2D eigenvalue weighted by Gasteiger charge is 2.34. The molecule has 1 aromatic carbocycles. The average Bonchev–Trinajstić information content (AvgIpc) is 2.54. The number of esters is 1. The summed E-state index contributed by atoms with van der Waals surface area (Å²) in [7, 11) is 0. The molecular weight excluding hydrogens is 355 g/mol. The van der Waals surface area contributed by atoms with Crippen LogP contribution < -0.4 is 5.32 Å². The minimum Gasteiger partial charge on any atom is -0.493 e. The van der Waals surface area contributed by atoms with Crippen molar-refractivity contribution < 1.29 is 37.0 Å². The molecule has 2 rings (SSSR count). The molecular formula is C14H11ClF3NO5. The maximum atomic E-state index is 12.9. The zero-order valence-corrected chi connectivity index (χ0v) is 12.7. The molecule has 1 heterocycles. The van der Waals surface area contributed by atoms with E-state index in [1.165, 1.54) is 6.07 Å². The number of amides is 1. The molecule has 1 N–H and O–H groups in total. The Labute approximate surface area is 139 Å². The Kier molecular flexibility index (Phi) is 5.55. The van der Waals surface area contributed by atoms with Gasteiger partial charge in [0.15, 0.2) is 6.61 Å². The number of hydrogen-bond acceptors (Lipinski definition) is 5. The molecule has 0 fully saturated rings. The Morgan fingerprint density at radius 3 is 2.67 bits per heavy atom. The number of benzene rings is 1. The van der Waals surface area contributed by atoms with Crippen molar-refractivity contribution in [2.24, 2.45) is 0 Å². The highest BCUT2D eigenvalue weighted by atomic mass is 35.5. The summed E-state index contributed by atoms with van der Waals surface area (Å²) in [6, 6.07) is 2.88. The van der Waals surface area contributed by atoms with Crippen LogP contribution in [-0.4, -0.2) is 31.7 Å². The van der Waals surface area contributed by atoms with Crippen molar-refractivity contribution in [2.75, 3.05) is 25.1 Å². The molecule has 24 heavy (non-hydrogen) atoms. The standard InChI is InChI=1S/C14H11ClF3NO5/c15-8-1-2-10(9(5-8)14(16,17)18)19-12(20)7-24-13(21)11-6-22-3-4-23-11/h1-2,5-6H,3-4,7H2,(H,19,20). The van der Waals surface area contributed by atoms with Gasteiger partial charge in [0.25, 0.3) is 5.91 Å². The first-order valence-corrected chi connectivity index (χ1v) is 6.93. The maximum Gasteiger partial charge on any atom is 0.418 e. The van der Waals surface area contributed by atoms with Crippen molar-refractivity contribution in [3.05, 3.63) is 40.8 Å². The number of hydrogen-bond donors (Lipinski definition) is 1. The molecule has 0 atom stereocenters. The fraction of sp³-hybridized carbons (Fsp3) is 0.286. The van der Waals surface area contributed by atoms with E-state index in [9.17, 15) is 22.8 Å². The summed E-state index contributed by atoms with van der Waals surface area (Å²) in [6.07, 6.45) is -3.67. The molecule has 0 saturated heterocycles. The third-order valence-electron chi connectivity index (χ3n) is 2.75. The quantitative estimate of drug-likeness (QED) is 0.830. The summed E-state index contributed by atoms with van der Waals surface area (Å²) < 4.78 is 53.1. The van der Waals surface area contributed by atoms with Crippen molar-refractivity contribution in [1.82, 2.24) is 0 Å². The van der Waals surface area contributed by atoms with E-state index in [0.29, 0.717) is 6.07 Å². The van der Waals surface area contributed by atoms with Gasteiger partial charge in [-0.25, -0.2) is 4.79 Å². The minimum absolute atomic E-state index is 0.131. The van der Waals surface area contributed by atoms with E-state index in [2.05, 4.69) is 4.74 Å². The number of carbonyl (C=O) groups excluding carboxylic acids is 2. The molecule has 1 aliphatic heterocycles. The van der Waals surface area contributed by atoms with Crippen LogP contribution in [0.25, 0.3) is 0 Å². The first kappa shape index (κ1) is 17.9. The molecule has 0 spiro atoms. The van der Waals surface area contributed by atoms with Gasteiger partial charge in [0.05, 0.1) is 11.3 Å².